The smallest absolute Gasteiger partial charge is 0.225 e. The lowest BCUT2D eigenvalue weighted by Crippen LogP contribution is -2.41. The van der Waals surface area contributed by atoms with Crippen LogP contribution in [0.4, 0.5) is 5.82 Å². The van der Waals surface area contributed by atoms with Crippen LogP contribution in [0.15, 0.2) is 28.9 Å². The Hall–Kier alpha value is -2.08. The zero-order valence-electron chi connectivity index (χ0n) is 11.0. The van der Waals surface area contributed by atoms with Gasteiger partial charge in [-0.25, -0.2) is 4.98 Å². The van der Waals surface area contributed by atoms with Gasteiger partial charge in [-0.1, -0.05) is 12.2 Å². The summed E-state index contributed by atoms with van der Waals surface area (Å²) in [6.07, 6.45) is 6.68. The molecule has 7 heteroatoms. The van der Waals surface area contributed by atoms with Crippen LogP contribution in [0, 0.1) is 17.8 Å². The van der Waals surface area contributed by atoms with Crippen molar-refractivity contribution in [1.82, 2.24) is 9.97 Å². The SMILES string of the molecule is NC(=O)C1C2C=CC(C2)C1Nc1nc(Cl)nc2ccoc12. The van der Waals surface area contributed by atoms with Gasteiger partial charge in [0.2, 0.25) is 11.2 Å². The van der Waals surface area contributed by atoms with Crippen LogP contribution >= 0.6 is 11.6 Å². The van der Waals surface area contributed by atoms with E-state index < -0.39 is 0 Å². The Morgan fingerprint density at radius 3 is 3.00 bits per heavy atom. The third kappa shape index (κ3) is 1.90. The summed E-state index contributed by atoms with van der Waals surface area (Å²) in [5, 5.41) is 3.43. The zero-order chi connectivity index (χ0) is 14.6. The van der Waals surface area contributed by atoms with Crippen molar-refractivity contribution in [1.29, 1.82) is 0 Å². The molecule has 2 aliphatic rings. The molecule has 21 heavy (non-hydrogen) atoms. The molecule has 1 saturated carbocycles. The summed E-state index contributed by atoms with van der Waals surface area (Å²) in [4.78, 5) is 20.0. The molecular weight excluding hydrogens is 292 g/mol. The van der Waals surface area contributed by atoms with Gasteiger partial charge in [-0.3, -0.25) is 4.79 Å². The van der Waals surface area contributed by atoms with E-state index in [1.54, 1.807) is 6.07 Å². The maximum absolute atomic E-state index is 11.7. The first kappa shape index (κ1) is 12.6. The minimum absolute atomic E-state index is 0.0863. The van der Waals surface area contributed by atoms with E-state index in [1.807, 2.05) is 0 Å². The molecule has 2 aromatic heterocycles. The van der Waals surface area contributed by atoms with Crippen LogP contribution in [0.5, 0.6) is 0 Å². The van der Waals surface area contributed by atoms with Crippen LogP contribution in [0.2, 0.25) is 5.28 Å². The monoisotopic (exact) mass is 304 g/mol. The van der Waals surface area contributed by atoms with E-state index in [-0.39, 0.29) is 35.0 Å². The van der Waals surface area contributed by atoms with Gasteiger partial charge in [0.25, 0.3) is 0 Å². The maximum atomic E-state index is 11.7. The Labute approximate surface area is 125 Å². The minimum atomic E-state index is -0.291. The van der Waals surface area contributed by atoms with Crippen LogP contribution in [-0.4, -0.2) is 21.9 Å². The molecule has 2 bridgehead atoms. The molecule has 4 unspecified atom stereocenters. The highest BCUT2D eigenvalue weighted by Crippen LogP contribution is 2.45. The molecule has 1 amide bonds. The number of carbonyl (C=O) groups excluding carboxylic acids is 1. The van der Waals surface area contributed by atoms with Crippen LogP contribution in [0.25, 0.3) is 11.1 Å². The fraction of sp³-hybridized carbons (Fsp3) is 0.357. The van der Waals surface area contributed by atoms with Crippen LogP contribution < -0.4 is 11.1 Å². The van der Waals surface area contributed by atoms with Crippen molar-refractivity contribution in [3.63, 3.8) is 0 Å². The molecular formula is C14H13ClN4O2. The van der Waals surface area contributed by atoms with Gasteiger partial charge >= 0.3 is 0 Å². The van der Waals surface area contributed by atoms with E-state index in [4.69, 9.17) is 21.8 Å². The molecule has 2 aromatic rings. The standard InChI is InChI=1S/C14H13ClN4O2/c15-14-17-8-3-4-21-11(8)13(19-14)18-10-7-2-1-6(5-7)9(10)12(16)20/h1-4,6-7,9-10H,5H2,(H2,16,20)(H,17,18,19). The number of primary amides is 1. The topological polar surface area (TPSA) is 94.0 Å². The largest absolute Gasteiger partial charge is 0.459 e. The number of hydrogen-bond acceptors (Lipinski definition) is 5. The van der Waals surface area contributed by atoms with Crippen LogP contribution in [0.3, 0.4) is 0 Å². The summed E-state index contributed by atoms with van der Waals surface area (Å²) in [7, 11) is 0. The van der Waals surface area contributed by atoms with E-state index >= 15 is 0 Å². The van der Waals surface area contributed by atoms with Gasteiger partial charge in [0.15, 0.2) is 11.4 Å². The second kappa shape index (κ2) is 4.46. The first-order valence-electron chi connectivity index (χ1n) is 6.78. The highest BCUT2D eigenvalue weighted by Gasteiger charge is 2.47. The Balaban J connectivity index is 1.73. The second-order valence-corrected chi connectivity index (χ2v) is 5.86. The summed E-state index contributed by atoms with van der Waals surface area (Å²) in [5.41, 5.74) is 6.72. The molecule has 0 spiro atoms. The number of furan rings is 1. The number of nitrogens with zero attached hydrogens (tertiary/aromatic N) is 2. The van der Waals surface area contributed by atoms with Gasteiger partial charge in [-0.05, 0) is 29.9 Å². The molecule has 0 radical (unpaired) electrons. The van der Waals surface area contributed by atoms with Crippen molar-refractivity contribution in [2.24, 2.45) is 23.5 Å². The maximum Gasteiger partial charge on any atom is 0.225 e. The molecule has 2 aliphatic carbocycles. The fourth-order valence-electron chi connectivity index (χ4n) is 3.50. The molecule has 108 valence electrons. The number of aromatic nitrogens is 2. The van der Waals surface area contributed by atoms with Crippen molar-refractivity contribution >= 4 is 34.4 Å². The lowest BCUT2D eigenvalue weighted by Gasteiger charge is -2.26. The van der Waals surface area contributed by atoms with Crippen molar-refractivity contribution in [3.8, 4) is 0 Å². The number of nitrogens with one attached hydrogen (secondary N) is 1. The zero-order valence-corrected chi connectivity index (χ0v) is 11.7. The number of nitrogens with two attached hydrogens (primary N) is 1. The van der Waals surface area contributed by atoms with E-state index in [0.29, 0.717) is 16.9 Å². The van der Waals surface area contributed by atoms with Crippen molar-refractivity contribution < 1.29 is 9.21 Å². The molecule has 0 saturated heterocycles. The molecule has 0 aliphatic heterocycles. The number of anilines is 1. The Morgan fingerprint density at radius 2 is 2.19 bits per heavy atom. The van der Waals surface area contributed by atoms with Gasteiger partial charge in [0.05, 0.1) is 12.2 Å². The van der Waals surface area contributed by atoms with Gasteiger partial charge in [-0.2, -0.15) is 4.98 Å². The summed E-state index contributed by atoms with van der Waals surface area (Å²) in [6, 6.07) is 1.64. The Bertz CT molecular complexity index is 757. The normalized spacial score (nSPS) is 30.1. The lowest BCUT2D eigenvalue weighted by molar-refractivity contribution is -0.122. The molecule has 2 heterocycles. The molecule has 4 rings (SSSR count). The summed E-state index contributed by atoms with van der Waals surface area (Å²) >= 11 is 5.93. The van der Waals surface area contributed by atoms with Gasteiger partial charge in [0.1, 0.15) is 5.52 Å². The van der Waals surface area contributed by atoms with Gasteiger partial charge < -0.3 is 15.5 Å². The minimum Gasteiger partial charge on any atom is -0.459 e. The van der Waals surface area contributed by atoms with E-state index in [1.165, 1.54) is 6.26 Å². The Morgan fingerprint density at radius 1 is 1.38 bits per heavy atom. The van der Waals surface area contributed by atoms with E-state index in [2.05, 4.69) is 27.4 Å². The number of halogens is 1. The molecule has 0 aromatic carbocycles. The molecule has 6 nitrogen and oxygen atoms in total. The van der Waals surface area contributed by atoms with Gasteiger partial charge in [0, 0.05) is 12.1 Å². The van der Waals surface area contributed by atoms with Crippen molar-refractivity contribution in [2.45, 2.75) is 12.5 Å². The highest BCUT2D eigenvalue weighted by molar-refractivity contribution is 6.28. The predicted octanol–water partition coefficient (Wildman–Crippen LogP) is 1.96. The van der Waals surface area contributed by atoms with E-state index in [0.717, 1.165) is 6.42 Å². The average Bonchev–Trinajstić information content (AvgIpc) is 3.11. The van der Waals surface area contributed by atoms with Crippen molar-refractivity contribution in [3.05, 3.63) is 29.8 Å². The first-order valence-corrected chi connectivity index (χ1v) is 7.16. The second-order valence-electron chi connectivity index (χ2n) is 5.52. The number of amides is 1. The van der Waals surface area contributed by atoms with Crippen LogP contribution in [0.1, 0.15) is 6.42 Å². The van der Waals surface area contributed by atoms with Gasteiger partial charge in [-0.15, -0.1) is 0 Å². The van der Waals surface area contributed by atoms with Crippen LogP contribution in [-0.2, 0) is 4.79 Å². The quantitative estimate of drug-likeness (QED) is 0.668. The third-order valence-corrected chi connectivity index (χ3v) is 4.54. The summed E-state index contributed by atoms with van der Waals surface area (Å²) in [6.45, 7) is 0. The molecule has 4 atom stereocenters. The number of fused-ring (bicyclic) bond motifs is 3. The number of hydrogen-bond donors (Lipinski definition) is 2. The summed E-state index contributed by atoms with van der Waals surface area (Å²) < 4.78 is 5.41. The van der Waals surface area contributed by atoms with Crippen molar-refractivity contribution in [2.75, 3.05) is 5.32 Å². The number of allylic oxidation sites excluding steroid dienone is 1. The average molecular weight is 305 g/mol. The predicted molar refractivity (Wildman–Crippen MR) is 77.6 cm³/mol. The third-order valence-electron chi connectivity index (χ3n) is 4.37. The molecule has 1 fully saturated rings. The molecule has 3 N–H and O–H groups in total. The number of carbonyl (C=O) groups is 1. The Kier molecular flexibility index (Phi) is 2.68. The lowest BCUT2D eigenvalue weighted by atomic mass is 9.88. The number of rotatable bonds is 3. The van der Waals surface area contributed by atoms with E-state index in [9.17, 15) is 4.79 Å². The first-order chi connectivity index (χ1) is 10.1. The summed E-state index contributed by atoms with van der Waals surface area (Å²) in [5.74, 6) is 0.451. The highest BCUT2D eigenvalue weighted by atomic mass is 35.5. The fourth-order valence-corrected chi connectivity index (χ4v) is 3.67.